The molecule has 12 aromatic rings. The van der Waals surface area contributed by atoms with Gasteiger partial charge in [0.05, 0.1) is 62.7 Å². The van der Waals surface area contributed by atoms with E-state index in [1.54, 1.807) is 13.8 Å². The van der Waals surface area contributed by atoms with Crippen LogP contribution in [0.3, 0.4) is 0 Å². The van der Waals surface area contributed by atoms with Crippen LogP contribution in [0.15, 0.2) is 423 Å². The quantitative estimate of drug-likeness (QED) is 0.0206. The second kappa shape index (κ2) is 74.5. The van der Waals surface area contributed by atoms with E-state index in [-0.39, 0.29) is 61.4 Å². The third-order valence-electron chi connectivity index (χ3n) is 24.5. The summed E-state index contributed by atoms with van der Waals surface area (Å²) in [5, 5.41) is 17.2. The Labute approximate surface area is 892 Å². The number of ether oxygens (including phenoxy) is 1. The molecule has 0 saturated carbocycles. The molecule has 1 N–H and O–H groups in total. The van der Waals surface area contributed by atoms with Gasteiger partial charge in [-0.2, -0.15) is 24.9 Å². The van der Waals surface area contributed by atoms with Gasteiger partial charge in [0.25, 0.3) is 0 Å². The Morgan fingerprint density at radius 3 is 0.719 bits per heavy atom. The summed E-state index contributed by atoms with van der Waals surface area (Å²) >= 11 is 0. The Bertz CT molecular complexity index is 4440. The van der Waals surface area contributed by atoms with E-state index >= 15 is 0 Å². The molecule has 146 heavy (non-hydrogen) atoms. The molecule has 4 saturated heterocycles. The van der Waals surface area contributed by atoms with E-state index < -0.39 is 5.60 Å². The zero-order valence-electron chi connectivity index (χ0n) is 89.4. The van der Waals surface area contributed by atoms with E-state index in [2.05, 4.69) is 431 Å². The number of hydrogen-bond donors (Lipinski definition) is 0. The fourth-order valence-electron chi connectivity index (χ4n) is 16.8. The zero-order valence-corrected chi connectivity index (χ0v) is 92.7. The highest BCUT2D eigenvalue weighted by Crippen LogP contribution is 2.35. The van der Waals surface area contributed by atoms with E-state index in [1.807, 2.05) is 44.4 Å². The number of benzene rings is 12. The molecule has 16 rings (SSSR count). The van der Waals surface area contributed by atoms with E-state index in [1.165, 1.54) is 149 Å². The number of rotatable bonds is 38. The minimum Gasteiger partial charge on any atom is -0.677 e. The summed E-state index contributed by atoms with van der Waals surface area (Å²) in [5.74, 6) is 0.494. The molecule has 0 atom stereocenters. The van der Waals surface area contributed by atoms with Crippen LogP contribution < -0.4 is 0 Å². The van der Waals surface area contributed by atoms with Gasteiger partial charge in [0.15, 0.2) is 58.7 Å². The van der Waals surface area contributed by atoms with Crippen LogP contribution in [0.1, 0.15) is 146 Å². The number of nitrogens with zero attached hydrogens (tertiary/aromatic N) is 11. The zero-order chi connectivity index (χ0) is 104. The van der Waals surface area contributed by atoms with Gasteiger partial charge in [0.2, 0.25) is 5.91 Å². The number of piperazine rings is 4. The van der Waals surface area contributed by atoms with Gasteiger partial charge >= 0.3 is 6.09 Å². The van der Waals surface area contributed by atoms with Gasteiger partial charge in [0, 0.05) is 112 Å². The van der Waals surface area contributed by atoms with Crippen LogP contribution in [0.25, 0.3) is 16.4 Å². The Balaban J connectivity index is 0.000000203. The van der Waals surface area contributed by atoms with Crippen molar-refractivity contribution in [2.24, 2.45) is 0 Å². The molecule has 4 aliphatic rings. The third kappa shape index (κ3) is 48.3. The van der Waals surface area contributed by atoms with Gasteiger partial charge in [-0.25, -0.2) is 4.79 Å². The number of ketones is 1. The highest BCUT2D eigenvalue weighted by molar-refractivity contribution is 7.98. The number of nitriles is 1. The fraction of sp³-hybridized carbons (Fsp3) is 0.397. The number of Topliss-reactive ketones (excluding diaryl/α,β-unsaturated/α-hetero) is 1. The van der Waals surface area contributed by atoms with Crippen LogP contribution >= 0.6 is 0 Å². The summed E-state index contributed by atoms with van der Waals surface area (Å²) in [6.07, 6.45) is 14.7. The Morgan fingerprint density at radius 2 is 0.514 bits per heavy atom. The van der Waals surface area contributed by atoms with Crippen LogP contribution in [0.5, 0.6) is 0 Å². The van der Waals surface area contributed by atoms with Gasteiger partial charge in [-0.1, -0.05) is 304 Å². The standard InChI is InChI=1S/4C18H15S.C14H28N3O.C14H28N2O2.C13H26N3O.C11H21N4.C2H6/c4*1-4-10-16(11-5-1)19(17-12-6-2-7-13-17)18-14-8-3-9-15-18;1-3-15-7-5-4-6-8-16-9-11-17(12-10-16)13-14(2)18;1-5-6-7-8-15-9-11-16(12-10-15)13(17)18-14(2,3)4;1-3-14-7-5-4-6-8-15-9-11-16(12-10-15)13(2)17;12-4-2-1-3-6-14-8-10-15(7-5-13)11-9-14;1-2/h4*1-15H;3-13H2,1-2H3;5-12H2,1-4H3;3-12H2,1-2H3;12H,1-4,6-11H2;1-2H3/q4*+1;-1;;2*-1;. The van der Waals surface area contributed by atoms with Crippen LogP contribution in [0, 0.1) is 11.3 Å². The van der Waals surface area contributed by atoms with Crippen molar-refractivity contribution < 1.29 is 19.1 Å². The number of nitrogens with one attached hydrogen (secondary N) is 1. The molecule has 0 aliphatic carbocycles. The van der Waals surface area contributed by atoms with E-state index in [0.29, 0.717) is 19.6 Å². The van der Waals surface area contributed by atoms with Gasteiger partial charge in [-0.15, -0.1) is 13.1 Å². The van der Waals surface area contributed by atoms with Crippen molar-refractivity contribution in [1.29, 1.82) is 5.26 Å². The maximum atomic E-state index is 11.9. The lowest BCUT2D eigenvalue weighted by Crippen LogP contribution is -2.50. The van der Waals surface area contributed by atoms with Crippen LogP contribution in [-0.4, -0.2) is 239 Å². The second-order valence-corrected chi connectivity index (χ2v) is 45.0. The summed E-state index contributed by atoms with van der Waals surface area (Å²) in [4.78, 5) is 68.5. The molecule has 0 aromatic heterocycles. The molecule has 4 heterocycles. The van der Waals surface area contributed by atoms with Gasteiger partial charge < -0.3 is 40.7 Å². The molecule has 0 bridgehead atoms. The first kappa shape index (κ1) is 121. The van der Waals surface area contributed by atoms with Gasteiger partial charge in [-0.3, -0.25) is 29.2 Å². The molecule has 0 unspecified atom stereocenters. The Kier molecular flexibility index (Phi) is 61.6. The van der Waals surface area contributed by atoms with Gasteiger partial charge in [0.1, 0.15) is 11.4 Å². The molecule has 0 radical (unpaired) electrons. The smallest absolute Gasteiger partial charge is 0.410 e. The first-order valence-corrected chi connectivity index (χ1v) is 58.4. The second-order valence-electron chi connectivity index (χ2n) is 36.9. The fourth-order valence-corrected chi connectivity index (χ4v) is 25.3. The van der Waals surface area contributed by atoms with Crippen molar-refractivity contribution in [3.05, 3.63) is 380 Å². The molecule has 16 nitrogen and oxygen atoms in total. The summed E-state index contributed by atoms with van der Waals surface area (Å²) in [5.41, 5.74) is 6.65. The van der Waals surface area contributed by atoms with Crippen molar-refractivity contribution in [3.8, 4) is 6.07 Å². The molecule has 12 aromatic carbocycles. The van der Waals surface area contributed by atoms with Crippen LogP contribution in [0.2, 0.25) is 0 Å². The number of carbonyl (C=O) groups is 3. The lowest BCUT2D eigenvalue weighted by atomic mass is 10.2. The molecule has 20 heteroatoms. The minimum atomic E-state index is -0.394. The van der Waals surface area contributed by atoms with E-state index in [0.717, 1.165) is 144 Å². The normalized spacial score (nSPS) is 14.0. The lowest BCUT2D eigenvalue weighted by molar-refractivity contribution is -0.130. The number of carbonyl (C=O) groups excluding carboxylic acids is 3. The number of hydrogen-bond acceptors (Lipinski definition) is 11. The third-order valence-corrected chi connectivity index (χ3v) is 33.4. The van der Waals surface area contributed by atoms with Crippen molar-refractivity contribution in [3.63, 3.8) is 0 Å². The first-order valence-electron chi connectivity index (χ1n) is 53.5. The Hall–Kier alpha value is -10.4. The van der Waals surface area contributed by atoms with Crippen LogP contribution in [-0.2, 0) is 57.9 Å². The van der Waals surface area contributed by atoms with Gasteiger partial charge in [-0.05, 0) is 225 Å². The van der Waals surface area contributed by atoms with E-state index in [9.17, 15) is 14.4 Å². The summed E-state index contributed by atoms with van der Waals surface area (Å²) in [6, 6.07) is 131. The van der Waals surface area contributed by atoms with Crippen molar-refractivity contribution >= 4 is 61.4 Å². The predicted octanol–water partition coefficient (Wildman–Crippen LogP) is 27.7. The number of unbranched alkanes of at least 4 members (excludes halogenated alkanes) is 8. The van der Waals surface area contributed by atoms with E-state index in [4.69, 9.17) is 15.7 Å². The average Bonchev–Trinajstić information content (AvgIpc) is 0.827. The lowest BCUT2D eigenvalue weighted by Gasteiger charge is -2.35. The summed E-state index contributed by atoms with van der Waals surface area (Å²) in [6.45, 7) is 45.9. The highest BCUT2D eigenvalue weighted by Gasteiger charge is 2.33. The molecular formula is C126H169N12O4S4+. The monoisotopic (exact) mass is 2040 g/mol. The molecule has 4 aliphatic heterocycles. The first-order chi connectivity index (χ1) is 71.5. The summed E-state index contributed by atoms with van der Waals surface area (Å²) in [7, 11) is -0.0585. The molecular weight excluding hydrogens is 1870 g/mol. The molecule has 4 fully saturated rings. The van der Waals surface area contributed by atoms with Crippen molar-refractivity contribution in [2.45, 2.75) is 211 Å². The maximum Gasteiger partial charge on any atom is 0.410 e. The highest BCUT2D eigenvalue weighted by atomic mass is 32.2. The SMILES string of the molecule is CC.CCCCCN1CCN(C(=O)OC(C)(C)C)CC1.CC[N-]CCCCCN1CCN(C(C)=O)CC1.CC[N-]CCCCCN1CCN(CC(C)=O)CC1.N#CCN1CCN(CCCCC[NH-])CC1.c1ccc([S+](c2ccccc2)c2ccccc2)cc1.c1ccc([S+](c2ccccc2)c2ccccc2)cc1.c1ccc([S+](c2ccccc2)c2ccccc2)cc1.c1ccc([S+](c2ccccc2)c2ccccc2)cc1. The topological polar surface area (TPSA) is 162 Å². The summed E-state index contributed by atoms with van der Waals surface area (Å²) < 4.78 is 5.38. The molecule has 0 spiro atoms. The number of amides is 2. The largest absolute Gasteiger partial charge is 0.677 e. The van der Waals surface area contributed by atoms with Crippen molar-refractivity contribution in [1.82, 2.24) is 39.2 Å². The average molecular weight is 2040 g/mol. The maximum absolute atomic E-state index is 11.9. The minimum absolute atomic E-state index is 0.0146. The van der Waals surface area contributed by atoms with Crippen LogP contribution in [0.4, 0.5) is 4.79 Å². The van der Waals surface area contributed by atoms with Crippen molar-refractivity contribution in [2.75, 3.05) is 177 Å². The predicted molar refractivity (Wildman–Crippen MR) is 620 cm³/mol. The molecule has 780 valence electrons. The Morgan fingerprint density at radius 1 is 0.301 bits per heavy atom. The molecule has 2 amide bonds.